The number of sulfonamides is 1. The Morgan fingerprint density at radius 3 is 2.88 bits per heavy atom. The molecule has 1 aliphatic rings. The van der Waals surface area contributed by atoms with Gasteiger partial charge in [0, 0.05) is 12.8 Å². The molecule has 3 rings (SSSR count). The van der Waals surface area contributed by atoms with E-state index in [0.717, 1.165) is 18.5 Å². The van der Waals surface area contributed by atoms with Crippen molar-refractivity contribution in [3.8, 4) is 5.75 Å². The molecule has 8 heteroatoms. The summed E-state index contributed by atoms with van der Waals surface area (Å²) in [7, 11) is -3.46. The lowest BCUT2D eigenvalue weighted by atomic mass is 10.1. The van der Waals surface area contributed by atoms with E-state index in [0.29, 0.717) is 29.7 Å². The Hall–Kier alpha value is -1.83. The zero-order chi connectivity index (χ0) is 18.4. The normalized spacial score (nSPS) is 17.7. The van der Waals surface area contributed by atoms with Gasteiger partial charge in [0.05, 0.1) is 28.8 Å². The fraction of sp³-hybridized carbons (Fsp3) is 0.389. The Balaban J connectivity index is 1.59. The van der Waals surface area contributed by atoms with Gasteiger partial charge in [0.2, 0.25) is 10.0 Å². The number of ether oxygens (including phenoxy) is 2. The number of nitrogens with zero attached hydrogens (tertiary/aromatic N) is 1. The molecule has 0 unspecified atom stereocenters. The summed E-state index contributed by atoms with van der Waals surface area (Å²) in [6, 6.07) is 10.4. The Bertz CT molecular complexity index is 824. The summed E-state index contributed by atoms with van der Waals surface area (Å²) >= 11 is 6.22. The molecule has 1 N–H and O–H groups in total. The van der Waals surface area contributed by atoms with Crippen LogP contribution in [0.15, 0.2) is 42.6 Å². The van der Waals surface area contributed by atoms with E-state index in [1.807, 2.05) is 18.2 Å². The molecule has 1 aliphatic heterocycles. The quantitative estimate of drug-likeness (QED) is 0.775. The van der Waals surface area contributed by atoms with Crippen LogP contribution in [0.3, 0.4) is 0 Å². The van der Waals surface area contributed by atoms with Crippen LogP contribution in [0, 0.1) is 5.92 Å². The first-order valence-electron chi connectivity index (χ1n) is 8.42. The van der Waals surface area contributed by atoms with E-state index in [1.54, 1.807) is 24.4 Å². The van der Waals surface area contributed by atoms with Crippen molar-refractivity contribution in [3.05, 3.63) is 53.3 Å². The Morgan fingerprint density at radius 1 is 1.31 bits per heavy atom. The highest BCUT2D eigenvalue weighted by Gasteiger charge is 2.22. The smallest absolute Gasteiger partial charge is 0.233 e. The molecule has 2 heterocycles. The van der Waals surface area contributed by atoms with Gasteiger partial charge in [0.25, 0.3) is 0 Å². The van der Waals surface area contributed by atoms with Gasteiger partial charge in [0.1, 0.15) is 12.4 Å². The summed E-state index contributed by atoms with van der Waals surface area (Å²) in [5, 5.41) is 0.335. The summed E-state index contributed by atoms with van der Waals surface area (Å²) in [5.74, 6) is 0.543. The molecule has 2 aromatic rings. The van der Waals surface area contributed by atoms with E-state index >= 15 is 0 Å². The highest BCUT2D eigenvalue weighted by atomic mass is 35.5. The van der Waals surface area contributed by atoms with E-state index in [2.05, 4.69) is 9.71 Å². The van der Waals surface area contributed by atoms with Crippen LogP contribution in [0.1, 0.15) is 18.5 Å². The van der Waals surface area contributed by atoms with Gasteiger partial charge in [-0.1, -0.05) is 17.7 Å². The van der Waals surface area contributed by atoms with Gasteiger partial charge in [-0.05, 0) is 49.1 Å². The Labute approximate surface area is 158 Å². The molecule has 0 spiro atoms. The Kier molecular flexibility index (Phi) is 6.34. The van der Waals surface area contributed by atoms with Crippen LogP contribution < -0.4 is 9.46 Å². The van der Waals surface area contributed by atoms with E-state index in [1.165, 1.54) is 0 Å². The zero-order valence-corrected chi connectivity index (χ0v) is 15.8. The van der Waals surface area contributed by atoms with Crippen LogP contribution in [0.2, 0.25) is 5.02 Å². The van der Waals surface area contributed by atoms with Crippen molar-refractivity contribution in [1.82, 2.24) is 4.98 Å². The van der Waals surface area contributed by atoms with Crippen molar-refractivity contribution in [1.29, 1.82) is 0 Å². The van der Waals surface area contributed by atoms with Crippen LogP contribution in [-0.2, 0) is 21.4 Å². The van der Waals surface area contributed by atoms with Crippen LogP contribution in [0.25, 0.3) is 0 Å². The number of pyridine rings is 1. The van der Waals surface area contributed by atoms with Crippen LogP contribution in [0.4, 0.5) is 5.69 Å². The van der Waals surface area contributed by atoms with Gasteiger partial charge in [-0.3, -0.25) is 9.71 Å². The van der Waals surface area contributed by atoms with Gasteiger partial charge < -0.3 is 9.47 Å². The number of hydrogen-bond acceptors (Lipinski definition) is 5. The fourth-order valence-corrected chi connectivity index (χ4v) is 4.47. The first-order valence-corrected chi connectivity index (χ1v) is 10.5. The van der Waals surface area contributed by atoms with Crippen molar-refractivity contribution in [3.63, 3.8) is 0 Å². The van der Waals surface area contributed by atoms with Crippen molar-refractivity contribution in [2.24, 2.45) is 5.92 Å². The Morgan fingerprint density at radius 2 is 2.19 bits per heavy atom. The molecular weight excluding hydrogens is 376 g/mol. The molecule has 6 nitrogen and oxygen atoms in total. The second kappa shape index (κ2) is 8.70. The minimum Gasteiger partial charge on any atom is -0.486 e. The highest BCUT2D eigenvalue weighted by molar-refractivity contribution is 7.92. The van der Waals surface area contributed by atoms with Crippen molar-refractivity contribution < 1.29 is 17.9 Å². The summed E-state index contributed by atoms with van der Waals surface area (Å²) in [4.78, 5) is 4.17. The molecule has 0 aliphatic carbocycles. The number of rotatable bonds is 7. The molecule has 0 bridgehead atoms. The molecule has 1 saturated heterocycles. The number of hydrogen-bond donors (Lipinski definition) is 1. The van der Waals surface area contributed by atoms with Gasteiger partial charge in [-0.15, -0.1) is 0 Å². The third-order valence-corrected chi connectivity index (χ3v) is 5.77. The molecule has 26 heavy (non-hydrogen) atoms. The first-order chi connectivity index (χ1) is 12.5. The molecule has 1 aromatic carbocycles. The van der Waals surface area contributed by atoms with Gasteiger partial charge in [-0.25, -0.2) is 8.42 Å². The number of halogens is 1. The molecule has 140 valence electrons. The third-order valence-electron chi connectivity index (χ3n) is 4.02. The molecule has 0 amide bonds. The zero-order valence-electron chi connectivity index (χ0n) is 14.2. The second-order valence-corrected chi connectivity index (χ2v) is 8.40. The molecule has 1 aromatic heterocycles. The van der Waals surface area contributed by atoms with Crippen molar-refractivity contribution in [2.75, 3.05) is 23.7 Å². The van der Waals surface area contributed by atoms with Gasteiger partial charge >= 0.3 is 0 Å². The SMILES string of the molecule is O=S(=O)(C[C@H]1CCCOC1)Nc1ccc(OCc2ccccn2)c(Cl)c1. The lowest BCUT2D eigenvalue weighted by Gasteiger charge is -2.22. The minimum atomic E-state index is -3.46. The van der Waals surface area contributed by atoms with Gasteiger partial charge in [-0.2, -0.15) is 0 Å². The predicted octanol–water partition coefficient (Wildman–Crippen LogP) is 3.48. The van der Waals surface area contributed by atoms with Crippen molar-refractivity contribution in [2.45, 2.75) is 19.4 Å². The predicted molar refractivity (Wildman–Crippen MR) is 101 cm³/mol. The molecule has 0 radical (unpaired) electrons. The second-order valence-electron chi connectivity index (χ2n) is 6.22. The molecular formula is C18H21ClN2O4S. The lowest BCUT2D eigenvalue weighted by molar-refractivity contribution is 0.0626. The number of nitrogens with one attached hydrogen (secondary N) is 1. The molecule has 0 saturated carbocycles. The largest absolute Gasteiger partial charge is 0.486 e. The third kappa shape index (κ3) is 5.59. The standard InChI is InChI=1S/C18H21ClN2O4S/c19-17-10-15(21-26(22,23)13-14-4-3-9-24-11-14)6-7-18(17)25-12-16-5-1-2-8-20-16/h1-2,5-8,10,14,21H,3-4,9,11-13H2/t14-/m0/s1. The molecule has 1 fully saturated rings. The van der Waals surface area contributed by atoms with E-state index < -0.39 is 10.0 Å². The summed E-state index contributed by atoms with van der Waals surface area (Å²) < 4.78 is 38.2. The van der Waals surface area contributed by atoms with Crippen LogP contribution in [-0.4, -0.2) is 32.4 Å². The topological polar surface area (TPSA) is 77.5 Å². The number of aromatic nitrogens is 1. The van der Waals surface area contributed by atoms with E-state index in [9.17, 15) is 8.42 Å². The van der Waals surface area contributed by atoms with Crippen LogP contribution >= 0.6 is 11.6 Å². The molecule has 1 atom stereocenters. The maximum absolute atomic E-state index is 12.3. The van der Waals surface area contributed by atoms with Gasteiger partial charge in [0.15, 0.2) is 0 Å². The minimum absolute atomic E-state index is 0.0256. The summed E-state index contributed by atoms with van der Waals surface area (Å²) in [6.45, 7) is 1.48. The maximum Gasteiger partial charge on any atom is 0.233 e. The monoisotopic (exact) mass is 396 g/mol. The van der Waals surface area contributed by atoms with Crippen molar-refractivity contribution >= 4 is 27.3 Å². The number of anilines is 1. The maximum atomic E-state index is 12.3. The van der Waals surface area contributed by atoms with Crippen LogP contribution in [0.5, 0.6) is 5.75 Å². The fourth-order valence-electron chi connectivity index (χ4n) is 2.79. The number of benzene rings is 1. The average molecular weight is 397 g/mol. The first kappa shape index (κ1) is 18.9. The average Bonchev–Trinajstić information content (AvgIpc) is 2.62. The summed E-state index contributed by atoms with van der Waals surface area (Å²) in [5.41, 5.74) is 1.19. The van der Waals surface area contributed by atoms with E-state index in [-0.39, 0.29) is 18.3 Å². The summed E-state index contributed by atoms with van der Waals surface area (Å²) in [6.07, 6.45) is 3.45. The van der Waals surface area contributed by atoms with E-state index in [4.69, 9.17) is 21.1 Å². The highest BCUT2D eigenvalue weighted by Crippen LogP contribution is 2.29. The lowest BCUT2D eigenvalue weighted by Crippen LogP contribution is -2.28.